The summed E-state index contributed by atoms with van der Waals surface area (Å²) in [6.45, 7) is 9.31. The molecule has 5 nitrogen and oxygen atoms in total. The van der Waals surface area contributed by atoms with Gasteiger partial charge >= 0.3 is 0 Å². The Hall–Kier alpha value is -1.92. The van der Waals surface area contributed by atoms with Gasteiger partial charge in [-0.3, -0.25) is 4.79 Å². The lowest BCUT2D eigenvalue weighted by molar-refractivity contribution is 0.126. The first-order valence-electron chi connectivity index (χ1n) is 10.4. The van der Waals surface area contributed by atoms with Crippen molar-refractivity contribution in [1.29, 1.82) is 0 Å². The molecule has 2 aliphatic heterocycles. The zero-order valence-electron chi connectivity index (χ0n) is 17.5. The standard InChI is InChI=1S/C23H30N2O3S/c1-23(2,3)19-7-9-20(10-8-19)29(27,28)12-11-24-14-17-13-18(16-24)21-5-4-6-22(26)25(21)15-17/h4-10,17-18H,11-16H2,1-3H3/t17-,18+/m0/s1. The number of fused-ring (bicyclic) bond motifs is 4. The molecule has 0 unspecified atom stereocenters. The first-order chi connectivity index (χ1) is 13.6. The Morgan fingerprint density at radius 3 is 2.41 bits per heavy atom. The van der Waals surface area contributed by atoms with Gasteiger partial charge in [0.2, 0.25) is 0 Å². The number of aromatic nitrogens is 1. The maximum atomic E-state index is 12.9. The van der Waals surface area contributed by atoms with Crippen LogP contribution in [0.4, 0.5) is 0 Å². The van der Waals surface area contributed by atoms with E-state index in [2.05, 4.69) is 25.7 Å². The molecule has 4 rings (SSSR count). The van der Waals surface area contributed by atoms with Crippen LogP contribution in [0.3, 0.4) is 0 Å². The van der Waals surface area contributed by atoms with Crippen LogP contribution in [0.15, 0.2) is 52.2 Å². The fourth-order valence-corrected chi connectivity index (χ4v) is 5.99. The van der Waals surface area contributed by atoms with E-state index >= 15 is 0 Å². The zero-order chi connectivity index (χ0) is 20.8. The molecule has 2 aliphatic rings. The molecule has 0 radical (unpaired) electrons. The van der Waals surface area contributed by atoms with E-state index in [4.69, 9.17) is 0 Å². The second-order valence-corrected chi connectivity index (χ2v) is 11.7. The smallest absolute Gasteiger partial charge is 0.250 e. The topological polar surface area (TPSA) is 59.4 Å². The van der Waals surface area contributed by atoms with Crippen LogP contribution in [0.25, 0.3) is 0 Å². The summed E-state index contributed by atoms with van der Waals surface area (Å²) in [5.41, 5.74) is 2.31. The maximum absolute atomic E-state index is 12.9. The van der Waals surface area contributed by atoms with Crippen LogP contribution in [0.1, 0.15) is 44.4 Å². The summed E-state index contributed by atoms with van der Waals surface area (Å²) in [5, 5.41) is 0. The quantitative estimate of drug-likeness (QED) is 0.772. The van der Waals surface area contributed by atoms with E-state index in [0.29, 0.717) is 23.3 Å². The van der Waals surface area contributed by atoms with Crippen LogP contribution in [-0.2, 0) is 21.8 Å². The number of sulfone groups is 1. The predicted molar refractivity (Wildman–Crippen MR) is 115 cm³/mol. The maximum Gasteiger partial charge on any atom is 0.250 e. The molecule has 0 amide bonds. The van der Waals surface area contributed by atoms with Crippen LogP contribution in [0.5, 0.6) is 0 Å². The molecule has 3 heterocycles. The summed E-state index contributed by atoms with van der Waals surface area (Å²) in [6.07, 6.45) is 1.08. The third-order valence-corrected chi connectivity index (χ3v) is 8.02. The van der Waals surface area contributed by atoms with Gasteiger partial charge in [-0.05, 0) is 41.5 Å². The molecule has 2 bridgehead atoms. The Bertz CT molecular complexity index is 1050. The lowest BCUT2D eigenvalue weighted by Crippen LogP contribution is -2.48. The van der Waals surface area contributed by atoms with Crippen LogP contribution >= 0.6 is 0 Å². The van der Waals surface area contributed by atoms with E-state index in [1.165, 1.54) is 0 Å². The largest absolute Gasteiger partial charge is 0.312 e. The molecular weight excluding hydrogens is 384 g/mol. The van der Waals surface area contributed by atoms with E-state index in [9.17, 15) is 13.2 Å². The normalized spacial score (nSPS) is 22.3. The summed E-state index contributed by atoms with van der Waals surface area (Å²) in [6, 6.07) is 12.8. The molecule has 2 atom stereocenters. The van der Waals surface area contributed by atoms with Gasteiger partial charge in [-0.2, -0.15) is 0 Å². The van der Waals surface area contributed by atoms with Crippen molar-refractivity contribution in [1.82, 2.24) is 9.47 Å². The Balaban J connectivity index is 1.44. The number of rotatable bonds is 4. The molecule has 1 saturated heterocycles. The average molecular weight is 415 g/mol. The highest BCUT2D eigenvalue weighted by Gasteiger charge is 2.34. The second-order valence-electron chi connectivity index (χ2n) is 9.55. The number of benzene rings is 1. The lowest BCUT2D eigenvalue weighted by atomic mass is 9.83. The molecule has 6 heteroatoms. The molecule has 0 aliphatic carbocycles. The summed E-state index contributed by atoms with van der Waals surface area (Å²) in [4.78, 5) is 14.8. The van der Waals surface area contributed by atoms with Crippen LogP contribution in [-0.4, -0.2) is 43.3 Å². The third kappa shape index (κ3) is 4.19. The fourth-order valence-electron chi connectivity index (χ4n) is 4.71. The molecule has 0 N–H and O–H groups in total. The lowest BCUT2D eigenvalue weighted by Gasteiger charge is -2.42. The van der Waals surface area contributed by atoms with Crippen molar-refractivity contribution in [3.05, 3.63) is 64.1 Å². The second kappa shape index (κ2) is 7.40. The first-order valence-corrected chi connectivity index (χ1v) is 12.0. The van der Waals surface area contributed by atoms with Crippen LogP contribution < -0.4 is 5.56 Å². The number of hydrogen-bond donors (Lipinski definition) is 0. The van der Waals surface area contributed by atoms with E-state index < -0.39 is 9.84 Å². The molecule has 1 aromatic heterocycles. The van der Waals surface area contributed by atoms with E-state index in [1.54, 1.807) is 18.2 Å². The van der Waals surface area contributed by atoms with E-state index in [-0.39, 0.29) is 16.7 Å². The Kier molecular flexibility index (Phi) is 5.20. The molecular formula is C23H30N2O3S. The molecule has 1 aromatic carbocycles. The average Bonchev–Trinajstić information content (AvgIpc) is 2.67. The van der Waals surface area contributed by atoms with Gasteiger partial charge in [0.05, 0.1) is 10.6 Å². The number of likely N-dealkylation sites (tertiary alicyclic amines) is 1. The van der Waals surface area contributed by atoms with Crippen LogP contribution in [0, 0.1) is 5.92 Å². The van der Waals surface area contributed by atoms with E-state index in [1.807, 2.05) is 28.8 Å². The summed E-state index contributed by atoms with van der Waals surface area (Å²) in [5.74, 6) is 0.850. The summed E-state index contributed by atoms with van der Waals surface area (Å²) in [7, 11) is -3.31. The van der Waals surface area contributed by atoms with Crippen molar-refractivity contribution >= 4 is 9.84 Å². The van der Waals surface area contributed by atoms with E-state index in [0.717, 1.165) is 37.3 Å². The minimum Gasteiger partial charge on any atom is -0.312 e. The van der Waals surface area contributed by atoms with Gasteiger partial charge in [-0.25, -0.2) is 8.42 Å². The Labute approximate surface area is 173 Å². The molecule has 0 spiro atoms. The van der Waals surface area contributed by atoms with Crippen LogP contribution in [0.2, 0.25) is 0 Å². The van der Waals surface area contributed by atoms with Crippen molar-refractivity contribution in [3.63, 3.8) is 0 Å². The SMILES string of the molecule is CC(C)(C)c1ccc(S(=O)(=O)CCN2C[C@@H]3C[C@H](C2)c2cccc(=O)n2C3)cc1. The van der Waals surface area contributed by atoms with Gasteiger partial charge < -0.3 is 9.47 Å². The molecule has 0 saturated carbocycles. The van der Waals surface area contributed by atoms with Crippen molar-refractivity contribution in [2.45, 2.75) is 50.0 Å². The van der Waals surface area contributed by atoms with Gasteiger partial charge in [-0.1, -0.05) is 39.0 Å². The highest BCUT2D eigenvalue weighted by molar-refractivity contribution is 7.91. The fraction of sp³-hybridized carbons (Fsp3) is 0.522. The highest BCUT2D eigenvalue weighted by Crippen LogP contribution is 2.35. The van der Waals surface area contributed by atoms with Gasteiger partial charge in [0.25, 0.3) is 5.56 Å². The summed E-state index contributed by atoms with van der Waals surface area (Å²) < 4.78 is 27.6. The predicted octanol–water partition coefficient (Wildman–Crippen LogP) is 3.04. The van der Waals surface area contributed by atoms with Gasteiger partial charge in [0, 0.05) is 43.9 Å². The minimum absolute atomic E-state index is 0.00609. The zero-order valence-corrected chi connectivity index (χ0v) is 18.3. The van der Waals surface area contributed by atoms with Crippen molar-refractivity contribution < 1.29 is 8.42 Å². The van der Waals surface area contributed by atoms with Gasteiger partial charge in [-0.15, -0.1) is 0 Å². The van der Waals surface area contributed by atoms with Crippen molar-refractivity contribution in [2.75, 3.05) is 25.4 Å². The van der Waals surface area contributed by atoms with Gasteiger partial charge in [0.15, 0.2) is 9.84 Å². The number of piperidine rings is 1. The first kappa shape index (κ1) is 20.4. The van der Waals surface area contributed by atoms with Crippen molar-refractivity contribution in [3.8, 4) is 0 Å². The summed E-state index contributed by atoms with van der Waals surface area (Å²) >= 11 is 0. The van der Waals surface area contributed by atoms with Crippen molar-refractivity contribution in [2.24, 2.45) is 5.92 Å². The Morgan fingerprint density at radius 1 is 1.00 bits per heavy atom. The molecule has 29 heavy (non-hydrogen) atoms. The Morgan fingerprint density at radius 2 is 1.72 bits per heavy atom. The third-order valence-electron chi connectivity index (χ3n) is 6.31. The molecule has 156 valence electrons. The molecule has 2 aromatic rings. The number of nitrogens with zero attached hydrogens (tertiary/aromatic N) is 2. The minimum atomic E-state index is -3.31. The molecule has 1 fully saturated rings. The van der Waals surface area contributed by atoms with Gasteiger partial charge in [0.1, 0.15) is 0 Å². The number of pyridine rings is 1. The monoisotopic (exact) mass is 414 g/mol. The highest BCUT2D eigenvalue weighted by atomic mass is 32.2. The number of hydrogen-bond acceptors (Lipinski definition) is 4.